The molecular weight excluding hydrogens is 413 g/mol. The molecule has 3 rings (SSSR count). The van der Waals surface area contributed by atoms with Gasteiger partial charge in [-0.15, -0.1) is 0 Å². The van der Waals surface area contributed by atoms with Crippen molar-refractivity contribution < 1.29 is 9.53 Å². The smallest absolute Gasteiger partial charge is 0.138 e. The fourth-order valence-corrected chi connectivity index (χ4v) is 3.88. The van der Waals surface area contributed by atoms with Crippen molar-refractivity contribution in [1.82, 2.24) is 0 Å². The largest absolute Gasteiger partial charge is 0.497 e. The molecule has 4 heteroatoms. The number of ether oxygens (including phenoxy) is 1. The van der Waals surface area contributed by atoms with Crippen LogP contribution in [0.2, 0.25) is 0 Å². The third-order valence-electron chi connectivity index (χ3n) is 4.66. The molecule has 1 fully saturated rings. The van der Waals surface area contributed by atoms with Crippen LogP contribution in [0.4, 0.5) is 5.69 Å². The summed E-state index contributed by atoms with van der Waals surface area (Å²) in [6, 6.07) is 16.3. The molecule has 0 spiro atoms. The Balaban J connectivity index is 1.93. The van der Waals surface area contributed by atoms with E-state index >= 15 is 0 Å². The number of halogens is 1. The predicted octanol–water partition coefficient (Wildman–Crippen LogP) is 5.21. The number of benzene rings is 2. The molecule has 2 atom stereocenters. The highest BCUT2D eigenvalue weighted by Gasteiger charge is 2.31. The standard InChI is InChI=1S/C20H22INO2/c1-24-15-12-10-14(11-13-15)20(16-6-2-5-9-19(16)23)22-18-8-4-3-7-17(18)21/h3-4,7-8,10-13,16,20,22H,2,5-6,9H2,1H3/t16-,20-/m0/s1. The number of hydrogen-bond acceptors (Lipinski definition) is 3. The second kappa shape index (κ2) is 8.01. The minimum Gasteiger partial charge on any atom is -0.497 e. The van der Waals surface area contributed by atoms with Gasteiger partial charge in [-0.25, -0.2) is 0 Å². The molecule has 0 heterocycles. The molecule has 1 saturated carbocycles. The van der Waals surface area contributed by atoms with Crippen molar-refractivity contribution in [2.75, 3.05) is 12.4 Å². The highest BCUT2D eigenvalue weighted by Crippen LogP contribution is 2.36. The van der Waals surface area contributed by atoms with Crippen LogP contribution in [0.1, 0.15) is 37.3 Å². The molecule has 3 nitrogen and oxygen atoms in total. The summed E-state index contributed by atoms with van der Waals surface area (Å²) in [7, 11) is 1.67. The molecule has 2 aromatic rings. The zero-order chi connectivity index (χ0) is 16.9. The predicted molar refractivity (Wildman–Crippen MR) is 105 cm³/mol. The number of methoxy groups -OCH3 is 1. The van der Waals surface area contributed by atoms with Gasteiger partial charge in [0.05, 0.1) is 13.2 Å². The van der Waals surface area contributed by atoms with E-state index in [1.54, 1.807) is 7.11 Å². The minimum absolute atomic E-state index is 0.000350. The number of ketones is 1. The maximum atomic E-state index is 12.5. The summed E-state index contributed by atoms with van der Waals surface area (Å²) in [5, 5.41) is 3.63. The number of hydrogen-bond donors (Lipinski definition) is 1. The first-order valence-electron chi connectivity index (χ1n) is 8.37. The van der Waals surface area contributed by atoms with E-state index < -0.39 is 0 Å². The summed E-state index contributed by atoms with van der Waals surface area (Å²) in [4.78, 5) is 12.5. The van der Waals surface area contributed by atoms with Crippen LogP contribution >= 0.6 is 22.6 Å². The van der Waals surface area contributed by atoms with Gasteiger partial charge in [-0.1, -0.05) is 30.7 Å². The van der Waals surface area contributed by atoms with Crippen molar-refractivity contribution in [3.05, 3.63) is 57.7 Å². The summed E-state index contributed by atoms with van der Waals surface area (Å²) in [5.41, 5.74) is 2.22. The van der Waals surface area contributed by atoms with Crippen LogP contribution in [0.15, 0.2) is 48.5 Å². The molecule has 0 saturated heterocycles. The first-order valence-corrected chi connectivity index (χ1v) is 9.44. The van der Waals surface area contributed by atoms with E-state index in [2.05, 4.69) is 52.2 Å². The van der Waals surface area contributed by atoms with Crippen LogP contribution in [-0.4, -0.2) is 12.9 Å². The van der Waals surface area contributed by atoms with Crippen LogP contribution < -0.4 is 10.1 Å². The number of Topliss-reactive ketones (excluding diaryl/α,β-unsaturated/α-hetero) is 1. The monoisotopic (exact) mass is 435 g/mol. The van der Waals surface area contributed by atoms with E-state index in [0.717, 1.165) is 39.8 Å². The number of para-hydroxylation sites is 1. The van der Waals surface area contributed by atoms with Gasteiger partial charge in [-0.3, -0.25) is 4.79 Å². The number of nitrogens with one attached hydrogen (secondary N) is 1. The fraction of sp³-hybridized carbons (Fsp3) is 0.350. The Morgan fingerprint density at radius 3 is 2.54 bits per heavy atom. The third-order valence-corrected chi connectivity index (χ3v) is 5.60. The molecule has 0 amide bonds. The van der Waals surface area contributed by atoms with E-state index in [0.29, 0.717) is 12.2 Å². The normalized spacial score (nSPS) is 18.9. The maximum absolute atomic E-state index is 12.5. The van der Waals surface area contributed by atoms with Crippen molar-refractivity contribution in [3.8, 4) is 5.75 Å². The number of carbonyl (C=O) groups excluding carboxylic acids is 1. The van der Waals surface area contributed by atoms with Crippen LogP contribution in [0.3, 0.4) is 0 Å². The molecule has 0 unspecified atom stereocenters. The van der Waals surface area contributed by atoms with E-state index in [1.165, 1.54) is 0 Å². The Bertz CT molecular complexity index is 699. The summed E-state index contributed by atoms with van der Waals surface area (Å²) < 4.78 is 6.43. The lowest BCUT2D eigenvalue weighted by molar-refractivity contribution is -0.125. The molecule has 2 aromatic carbocycles. The number of rotatable bonds is 5. The average Bonchev–Trinajstić information content (AvgIpc) is 2.62. The van der Waals surface area contributed by atoms with Gasteiger partial charge in [0.2, 0.25) is 0 Å². The third kappa shape index (κ3) is 3.91. The zero-order valence-corrected chi connectivity index (χ0v) is 16.0. The highest BCUT2D eigenvalue weighted by atomic mass is 127. The Morgan fingerprint density at radius 1 is 1.12 bits per heavy atom. The van der Waals surface area contributed by atoms with Crippen molar-refractivity contribution in [2.45, 2.75) is 31.7 Å². The van der Waals surface area contributed by atoms with Gasteiger partial charge < -0.3 is 10.1 Å². The Labute approximate surface area is 156 Å². The van der Waals surface area contributed by atoms with Crippen LogP contribution in [0.25, 0.3) is 0 Å². The van der Waals surface area contributed by atoms with Crippen molar-refractivity contribution in [3.63, 3.8) is 0 Å². The van der Waals surface area contributed by atoms with E-state index in [1.807, 2.05) is 24.3 Å². The summed E-state index contributed by atoms with van der Waals surface area (Å²) in [6.07, 6.45) is 3.79. The first-order chi connectivity index (χ1) is 11.7. The molecule has 0 radical (unpaired) electrons. The van der Waals surface area contributed by atoms with Crippen LogP contribution in [-0.2, 0) is 4.79 Å². The van der Waals surface area contributed by atoms with Crippen molar-refractivity contribution in [2.24, 2.45) is 5.92 Å². The zero-order valence-electron chi connectivity index (χ0n) is 13.8. The molecule has 24 heavy (non-hydrogen) atoms. The maximum Gasteiger partial charge on any atom is 0.138 e. The first kappa shape index (κ1) is 17.3. The Kier molecular flexibility index (Phi) is 5.76. The molecule has 0 aromatic heterocycles. The van der Waals surface area contributed by atoms with Gasteiger partial charge in [-0.05, 0) is 65.3 Å². The second-order valence-electron chi connectivity index (χ2n) is 6.19. The van der Waals surface area contributed by atoms with Crippen LogP contribution in [0.5, 0.6) is 5.75 Å². The van der Waals surface area contributed by atoms with Gasteiger partial charge >= 0.3 is 0 Å². The molecule has 126 valence electrons. The molecule has 1 aliphatic rings. The van der Waals surface area contributed by atoms with Gasteiger partial charge in [0.1, 0.15) is 11.5 Å². The lowest BCUT2D eigenvalue weighted by Crippen LogP contribution is -2.30. The molecule has 0 aliphatic heterocycles. The molecular formula is C20H22INO2. The van der Waals surface area contributed by atoms with E-state index in [9.17, 15) is 4.79 Å². The van der Waals surface area contributed by atoms with Gasteiger partial charge in [0, 0.05) is 21.6 Å². The topological polar surface area (TPSA) is 38.3 Å². The SMILES string of the molecule is COc1ccc([C@H](Nc2ccccc2I)[C@H]2CCCCC2=O)cc1. The van der Waals surface area contributed by atoms with Crippen LogP contribution in [0, 0.1) is 9.49 Å². The highest BCUT2D eigenvalue weighted by molar-refractivity contribution is 14.1. The fourth-order valence-electron chi connectivity index (χ4n) is 3.34. The van der Waals surface area contributed by atoms with E-state index in [-0.39, 0.29) is 12.0 Å². The Morgan fingerprint density at radius 2 is 1.88 bits per heavy atom. The second-order valence-corrected chi connectivity index (χ2v) is 7.36. The van der Waals surface area contributed by atoms with E-state index in [4.69, 9.17) is 4.74 Å². The minimum atomic E-state index is -0.000350. The summed E-state index contributed by atoms with van der Waals surface area (Å²) in [6.45, 7) is 0. The Hall–Kier alpha value is -1.56. The van der Waals surface area contributed by atoms with Gasteiger partial charge in [0.15, 0.2) is 0 Å². The lowest BCUT2D eigenvalue weighted by atomic mass is 9.80. The van der Waals surface area contributed by atoms with Crippen molar-refractivity contribution in [1.29, 1.82) is 0 Å². The lowest BCUT2D eigenvalue weighted by Gasteiger charge is -2.31. The molecule has 1 aliphatic carbocycles. The summed E-state index contributed by atoms with van der Waals surface area (Å²) >= 11 is 2.33. The average molecular weight is 435 g/mol. The molecule has 1 N–H and O–H groups in total. The summed E-state index contributed by atoms with van der Waals surface area (Å²) in [5.74, 6) is 1.24. The van der Waals surface area contributed by atoms with Gasteiger partial charge in [0.25, 0.3) is 0 Å². The van der Waals surface area contributed by atoms with Gasteiger partial charge in [-0.2, -0.15) is 0 Å². The number of carbonyl (C=O) groups is 1. The number of anilines is 1. The molecule has 0 bridgehead atoms. The quantitative estimate of drug-likeness (QED) is 0.656. The van der Waals surface area contributed by atoms with Crippen molar-refractivity contribution >= 4 is 34.1 Å².